The van der Waals surface area contributed by atoms with Gasteiger partial charge in [-0.1, -0.05) is 12.0 Å². The van der Waals surface area contributed by atoms with Gasteiger partial charge in [0.25, 0.3) is 5.91 Å². The lowest BCUT2D eigenvalue weighted by molar-refractivity contribution is -0.137. The number of hydrogen-bond acceptors (Lipinski definition) is 6. The molecule has 12 heteroatoms. The number of carbonyl (C=O) groups excluding carboxylic acids is 1. The number of hydrogen-bond donors (Lipinski definition) is 3. The van der Waals surface area contributed by atoms with Crippen LogP contribution in [0.4, 0.5) is 29.2 Å². The molecule has 0 saturated carbocycles. The number of rotatable bonds is 6. The highest BCUT2D eigenvalue weighted by Crippen LogP contribution is 2.35. The van der Waals surface area contributed by atoms with Gasteiger partial charge in [0, 0.05) is 35.8 Å². The summed E-state index contributed by atoms with van der Waals surface area (Å²) in [5.41, 5.74) is 6.88. The SMILES string of the molecule is CC#CCNC1CC=C(c2nc(-c3ccc(C(=O)Nc4cc(C(F)(F)F)ccn4)cc3F)c3c(N)nccn23)CC1. The number of anilines is 2. The molecule has 0 radical (unpaired) electrons. The Balaban J connectivity index is 1.43. The van der Waals surface area contributed by atoms with Crippen LogP contribution in [0.3, 0.4) is 0 Å². The Morgan fingerprint density at radius 2 is 2.02 bits per heavy atom. The molecule has 0 saturated heterocycles. The van der Waals surface area contributed by atoms with Crippen molar-refractivity contribution in [3.63, 3.8) is 0 Å². The first-order valence-electron chi connectivity index (χ1n) is 12.7. The van der Waals surface area contributed by atoms with Gasteiger partial charge in [-0.15, -0.1) is 5.92 Å². The maximum absolute atomic E-state index is 15.5. The van der Waals surface area contributed by atoms with E-state index in [1.54, 1.807) is 23.7 Å². The summed E-state index contributed by atoms with van der Waals surface area (Å²) < 4.78 is 56.3. The maximum Gasteiger partial charge on any atom is 0.416 e. The molecule has 0 aliphatic heterocycles. The molecule has 0 bridgehead atoms. The second-order valence-electron chi connectivity index (χ2n) is 9.40. The number of fused-ring (bicyclic) bond motifs is 1. The number of amides is 1. The van der Waals surface area contributed by atoms with Gasteiger partial charge in [0.05, 0.1) is 12.1 Å². The normalized spacial score (nSPS) is 15.2. The van der Waals surface area contributed by atoms with E-state index in [1.807, 2.05) is 0 Å². The summed E-state index contributed by atoms with van der Waals surface area (Å²) >= 11 is 0. The third-order valence-electron chi connectivity index (χ3n) is 6.75. The number of imidazole rings is 1. The molecule has 4 aromatic rings. The van der Waals surface area contributed by atoms with E-state index in [0.29, 0.717) is 30.0 Å². The molecule has 41 heavy (non-hydrogen) atoms. The largest absolute Gasteiger partial charge is 0.416 e. The second-order valence-corrected chi connectivity index (χ2v) is 9.40. The van der Waals surface area contributed by atoms with E-state index in [4.69, 9.17) is 10.7 Å². The van der Waals surface area contributed by atoms with Crippen molar-refractivity contribution >= 4 is 28.6 Å². The van der Waals surface area contributed by atoms with Gasteiger partial charge < -0.3 is 16.4 Å². The fourth-order valence-electron chi connectivity index (χ4n) is 4.70. The number of aromatic nitrogens is 4. The predicted molar refractivity (Wildman–Crippen MR) is 147 cm³/mol. The molecule has 3 aromatic heterocycles. The number of nitrogen functional groups attached to an aromatic ring is 1. The van der Waals surface area contributed by atoms with Crippen molar-refractivity contribution in [3.05, 3.63) is 77.8 Å². The number of halogens is 4. The number of allylic oxidation sites excluding steroid dienone is 1. The highest BCUT2D eigenvalue weighted by Gasteiger charge is 2.31. The first kappa shape index (κ1) is 27.8. The number of benzene rings is 1. The van der Waals surface area contributed by atoms with Gasteiger partial charge in [0.15, 0.2) is 0 Å². The molecule has 1 unspecified atom stereocenters. The van der Waals surface area contributed by atoms with Crippen LogP contribution in [0.1, 0.15) is 47.9 Å². The molecule has 1 aromatic carbocycles. The Labute approximate surface area is 232 Å². The van der Waals surface area contributed by atoms with Gasteiger partial charge in [-0.2, -0.15) is 13.2 Å². The Hall–Kier alpha value is -4.76. The predicted octanol–water partition coefficient (Wildman–Crippen LogP) is 5.33. The first-order chi connectivity index (χ1) is 19.7. The zero-order valence-electron chi connectivity index (χ0n) is 21.9. The summed E-state index contributed by atoms with van der Waals surface area (Å²) in [7, 11) is 0. The van der Waals surface area contributed by atoms with E-state index >= 15 is 4.39 Å². The topological polar surface area (TPSA) is 110 Å². The molecule has 8 nitrogen and oxygen atoms in total. The van der Waals surface area contributed by atoms with Crippen LogP contribution in [0.15, 0.2) is 55.0 Å². The van der Waals surface area contributed by atoms with E-state index in [-0.39, 0.29) is 28.5 Å². The van der Waals surface area contributed by atoms with E-state index in [9.17, 15) is 18.0 Å². The molecular weight excluding hydrogens is 538 g/mol. The quantitative estimate of drug-likeness (QED) is 0.216. The smallest absolute Gasteiger partial charge is 0.382 e. The lowest BCUT2D eigenvalue weighted by atomic mass is 9.94. The zero-order valence-corrected chi connectivity index (χ0v) is 21.9. The van der Waals surface area contributed by atoms with Gasteiger partial charge >= 0.3 is 6.18 Å². The van der Waals surface area contributed by atoms with Gasteiger partial charge in [-0.25, -0.2) is 19.3 Å². The van der Waals surface area contributed by atoms with E-state index in [1.165, 1.54) is 12.1 Å². The molecule has 0 fully saturated rings. The van der Waals surface area contributed by atoms with Crippen molar-refractivity contribution < 1.29 is 22.4 Å². The fourth-order valence-corrected chi connectivity index (χ4v) is 4.70. The molecule has 4 N–H and O–H groups in total. The average Bonchev–Trinajstić information content (AvgIpc) is 3.34. The number of pyridine rings is 1. The summed E-state index contributed by atoms with van der Waals surface area (Å²) in [6, 6.07) is 5.51. The minimum Gasteiger partial charge on any atom is -0.382 e. The molecule has 1 atom stereocenters. The minimum atomic E-state index is -4.60. The molecule has 1 aliphatic rings. The molecule has 1 aliphatic carbocycles. The van der Waals surface area contributed by atoms with Gasteiger partial charge in [0.2, 0.25) is 0 Å². The van der Waals surface area contributed by atoms with Crippen molar-refractivity contribution in [2.45, 2.75) is 38.4 Å². The maximum atomic E-state index is 15.5. The molecule has 5 rings (SSSR count). The van der Waals surface area contributed by atoms with Crippen LogP contribution in [-0.2, 0) is 6.18 Å². The Morgan fingerprint density at radius 3 is 2.73 bits per heavy atom. The number of alkyl halides is 3. The van der Waals surface area contributed by atoms with Crippen molar-refractivity contribution in [2.24, 2.45) is 0 Å². The van der Waals surface area contributed by atoms with Crippen LogP contribution < -0.4 is 16.4 Å². The summed E-state index contributed by atoms with van der Waals surface area (Å²) in [5, 5.41) is 5.68. The van der Waals surface area contributed by atoms with Gasteiger partial charge in [-0.05, 0) is 62.1 Å². The number of nitrogens with one attached hydrogen (secondary N) is 2. The van der Waals surface area contributed by atoms with Gasteiger partial charge in [0.1, 0.15) is 34.5 Å². The number of carbonyl (C=O) groups is 1. The molecule has 0 spiro atoms. The first-order valence-corrected chi connectivity index (χ1v) is 12.7. The lowest BCUT2D eigenvalue weighted by Crippen LogP contribution is -2.30. The van der Waals surface area contributed by atoms with E-state index in [0.717, 1.165) is 43.2 Å². The highest BCUT2D eigenvalue weighted by molar-refractivity contribution is 6.04. The number of nitrogens with zero attached hydrogens (tertiary/aromatic N) is 4. The summed E-state index contributed by atoms with van der Waals surface area (Å²) in [5.74, 6) is 4.75. The molecule has 3 heterocycles. The standard InChI is InChI=1S/C29H25F4N7O/c1-2-3-11-35-20-7-4-17(5-8-20)27-39-24(25-26(34)37-13-14-40(25)27)21-9-6-18(15-22(21)30)28(41)38-23-16-19(10-12-36-23)29(31,32)33/h4,6,9-10,12-16,20,35H,5,7-8,11H2,1H3,(H2,34,37)(H,36,38,41). The lowest BCUT2D eigenvalue weighted by Gasteiger charge is -2.21. The molecular formula is C29H25F4N7O. The van der Waals surface area contributed by atoms with Crippen LogP contribution >= 0.6 is 0 Å². The van der Waals surface area contributed by atoms with Crippen molar-refractivity contribution in [2.75, 3.05) is 17.6 Å². The average molecular weight is 564 g/mol. The molecule has 1 amide bonds. The zero-order chi connectivity index (χ0) is 29.1. The van der Waals surface area contributed by atoms with E-state index < -0.39 is 23.5 Å². The van der Waals surface area contributed by atoms with Crippen LogP contribution in [-0.4, -0.2) is 37.8 Å². The second kappa shape index (κ2) is 11.4. The van der Waals surface area contributed by atoms with Crippen molar-refractivity contribution in [1.29, 1.82) is 0 Å². The Kier molecular flexibility index (Phi) is 7.72. The van der Waals surface area contributed by atoms with Crippen LogP contribution in [0, 0.1) is 17.7 Å². The van der Waals surface area contributed by atoms with Crippen molar-refractivity contribution in [1.82, 2.24) is 24.7 Å². The summed E-state index contributed by atoms with van der Waals surface area (Å²) in [4.78, 5) is 25.3. The summed E-state index contributed by atoms with van der Waals surface area (Å²) in [6.07, 6.45) is 4.08. The van der Waals surface area contributed by atoms with Crippen LogP contribution in [0.2, 0.25) is 0 Å². The molecule has 210 valence electrons. The fraction of sp³-hybridized carbons (Fsp3) is 0.241. The summed E-state index contributed by atoms with van der Waals surface area (Å²) in [6.45, 7) is 2.41. The van der Waals surface area contributed by atoms with Gasteiger partial charge in [-0.3, -0.25) is 9.20 Å². The Morgan fingerprint density at radius 1 is 1.20 bits per heavy atom. The monoisotopic (exact) mass is 563 g/mol. The van der Waals surface area contributed by atoms with Crippen molar-refractivity contribution in [3.8, 4) is 23.1 Å². The highest BCUT2D eigenvalue weighted by atomic mass is 19.4. The van der Waals surface area contributed by atoms with Crippen LogP contribution in [0.5, 0.6) is 0 Å². The minimum absolute atomic E-state index is 0.0938. The number of nitrogens with two attached hydrogens (primary N) is 1. The third kappa shape index (κ3) is 5.90. The Bertz CT molecular complexity index is 1720. The third-order valence-corrected chi connectivity index (χ3v) is 6.75. The van der Waals surface area contributed by atoms with Crippen LogP contribution in [0.25, 0.3) is 22.3 Å². The van der Waals surface area contributed by atoms with E-state index in [2.05, 4.69) is 38.5 Å².